The fourth-order valence-corrected chi connectivity index (χ4v) is 3.81. The molecule has 0 spiro atoms. The number of nitrogens with two attached hydrogens (primary N) is 1. The van der Waals surface area contributed by atoms with Gasteiger partial charge >= 0.3 is 0 Å². The normalized spacial score (nSPS) is 25.1. The number of rotatable bonds is 3. The van der Waals surface area contributed by atoms with Crippen molar-refractivity contribution in [3.05, 3.63) is 30.9 Å². The van der Waals surface area contributed by atoms with Gasteiger partial charge in [0, 0.05) is 44.3 Å². The predicted molar refractivity (Wildman–Crippen MR) is 94.9 cm³/mol. The highest BCUT2D eigenvalue weighted by Gasteiger charge is 2.33. The fourth-order valence-electron chi connectivity index (χ4n) is 3.81. The molecule has 2 N–H and O–H groups in total. The molecule has 0 amide bonds. The zero-order chi connectivity index (χ0) is 17.1. The second-order valence-corrected chi connectivity index (χ2v) is 6.80. The number of anilines is 1. The van der Waals surface area contributed by atoms with Crippen LogP contribution >= 0.6 is 0 Å². The molecule has 7 heteroatoms. The van der Waals surface area contributed by atoms with Gasteiger partial charge in [-0.2, -0.15) is 0 Å². The largest absolute Gasteiger partial charge is 0.376 e. The monoisotopic (exact) mass is 340 g/mol. The first-order chi connectivity index (χ1) is 12.3. The summed E-state index contributed by atoms with van der Waals surface area (Å²) in [5, 5.41) is 0. The first-order valence-electron chi connectivity index (χ1n) is 9.03. The van der Waals surface area contributed by atoms with Crippen LogP contribution in [0.15, 0.2) is 30.9 Å². The van der Waals surface area contributed by atoms with Crippen molar-refractivity contribution in [3.63, 3.8) is 0 Å². The molecule has 2 aliphatic heterocycles. The van der Waals surface area contributed by atoms with Gasteiger partial charge in [-0.1, -0.05) is 0 Å². The Morgan fingerprint density at radius 2 is 1.92 bits per heavy atom. The van der Waals surface area contributed by atoms with Crippen molar-refractivity contribution in [3.8, 4) is 11.4 Å². The highest BCUT2D eigenvalue weighted by Crippen LogP contribution is 2.29. The minimum atomic E-state index is 0.182. The molecule has 0 radical (unpaired) electrons. The summed E-state index contributed by atoms with van der Waals surface area (Å²) < 4.78 is 5.96. The number of hydrogen-bond acceptors (Lipinski definition) is 7. The molecule has 0 aliphatic carbocycles. The zero-order valence-electron chi connectivity index (χ0n) is 14.3. The molecule has 4 heterocycles. The molecule has 0 aromatic carbocycles. The minimum absolute atomic E-state index is 0.182. The number of ether oxygens (including phenoxy) is 1. The molecule has 25 heavy (non-hydrogen) atoms. The average molecular weight is 340 g/mol. The standard InChI is InChI=1S/C18H24N6O/c19-14-2-1-11-25-17(14)13-4-9-24(10-5-13)18-22-6-3-15(23-18)16-12-20-7-8-21-16/h3,6-8,12-14,17H,1-2,4-5,9-11,19H2. The Balaban J connectivity index is 1.42. The third kappa shape index (κ3) is 3.62. The van der Waals surface area contributed by atoms with Gasteiger partial charge in [0.2, 0.25) is 5.95 Å². The van der Waals surface area contributed by atoms with Crippen LogP contribution in [-0.2, 0) is 4.74 Å². The average Bonchev–Trinajstić information content (AvgIpc) is 2.69. The molecular weight excluding hydrogens is 316 g/mol. The lowest BCUT2D eigenvalue weighted by atomic mass is 9.85. The molecule has 2 aromatic heterocycles. The van der Waals surface area contributed by atoms with Gasteiger partial charge in [0.05, 0.1) is 18.0 Å². The van der Waals surface area contributed by atoms with Gasteiger partial charge in [0.25, 0.3) is 0 Å². The van der Waals surface area contributed by atoms with Crippen LogP contribution in [-0.4, -0.2) is 51.8 Å². The van der Waals surface area contributed by atoms with Crippen LogP contribution in [0.5, 0.6) is 0 Å². The third-order valence-corrected chi connectivity index (χ3v) is 5.17. The maximum absolute atomic E-state index is 6.26. The van der Waals surface area contributed by atoms with Gasteiger partial charge in [-0.15, -0.1) is 0 Å². The second kappa shape index (κ2) is 7.41. The molecule has 2 unspecified atom stereocenters. The van der Waals surface area contributed by atoms with Crippen LogP contribution in [0.2, 0.25) is 0 Å². The van der Waals surface area contributed by atoms with E-state index in [4.69, 9.17) is 10.5 Å². The summed E-state index contributed by atoms with van der Waals surface area (Å²) in [4.78, 5) is 19.8. The van der Waals surface area contributed by atoms with Gasteiger partial charge < -0.3 is 15.4 Å². The summed E-state index contributed by atoms with van der Waals surface area (Å²) in [6, 6.07) is 2.05. The summed E-state index contributed by atoms with van der Waals surface area (Å²) >= 11 is 0. The van der Waals surface area contributed by atoms with Gasteiger partial charge in [-0.3, -0.25) is 9.97 Å². The minimum Gasteiger partial charge on any atom is -0.376 e. The summed E-state index contributed by atoms with van der Waals surface area (Å²) in [6.07, 6.45) is 11.4. The molecule has 4 rings (SSSR count). The summed E-state index contributed by atoms with van der Waals surface area (Å²) in [6.45, 7) is 2.71. The molecule has 2 aliphatic rings. The second-order valence-electron chi connectivity index (χ2n) is 6.80. The Morgan fingerprint density at radius 3 is 2.68 bits per heavy atom. The van der Waals surface area contributed by atoms with E-state index in [-0.39, 0.29) is 12.1 Å². The van der Waals surface area contributed by atoms with Crippen molar-refractivity contribution in [1.29, 1.82) is 0 Å². The number of hydrogen-bond donors (Lipinski definition) is 1. The van der Waals surface area contributed by atoms with E-state index in [2.05, 4.69) is 24.8 Å². The predicted octanol–water partition coefficient (Wildman–Crippen LogP) is 1.66. The van der Waals surface area contributed by atoms with Crippen molar-refractivity contribution < 1.29 is 4.74 Å². The lowest BCUT2D eigenvalue weighted by molar-refractivity contribution is -0.0401. The van der Waals surface area contributed by atoms with Crippen molar-refractivity contribution in [2.75, 3.05) is 24.6 Å². The number of aromatic nitrogens is 4. The van der Waals surface area contributed by atoms with E-state index in [0.717, 1.165) is 62.7 Å². The van der Waals surface area contributed by atoms with Crippen molar-refractivity contribution in [2.45, 2.75) is 37.8 Å². The van der Waals surface area contributed by atoms with E-state index >= 15 is 0 Å². The molecule has 2 fully saturated rings. The third-order valence-electron chi connectivity index (χ3n) is 5.17. The van der Waals surface area contributed by atoms with E-state index in [1.165, 1.54) is 0 Å². The summed E-state index contributed by atoms with van der Waals surface area (Å²) in [5.74, 6) is 1.30. The lowest BCUT2D eigenvalue weighted by Crippen LogP contribution is -2.49. The van der Waals surface area contributed by atoms with E-state index < -0.39 is 0 Å². The van der Waals surface area contributed by atoms with E-state index in [1.54, 1.807) is 24.8 Å². The van der Waals surface area contributed by atoms with E-state index in [1.807, 2.05) is 6.07 Å². The Labute approximate surface area is 147 Å². The Morgan fingerprint density at radius 1 is 1.04 bits per heavy atom. The van der Waals surface area contributed by atoms with Gasteiger partial charge in [-0.25, -0.2) is 9.97 Å². The van der Waals surface area contributed by atoms with Crippen molar-refractivity contribution in [2.24, 2.45) is 11.7 Å². The van der Waals surface area contributed by atoms with Crippen LogP contribution in [0.25, 0.3) is 11.4 Å². The zero-order valence-corrected chi connectivity index (χ0v) is 14.3. The number of piperidine rings is 1. The van der Waals surface area contributed by atoms with Gasteiger partial charge in [-0.05, 0) is 37.7 Å². The van der Waals surface area contributed by atoms with Crippen LogP contribution in [0, 0.1) is 5.92 Å². The van der Waals surface area contributed by atoms with Gasteiger partial charge in [0.1, 0.15) is 5.69 Å². The SMILES string of the molecule is NC1CCCOC1C1CCN(c2nccc(-c3cnccn3)n2)CC1. The first-order valence-corrected chi connectivity index (χ1v) is 9.03. The molecule has 7 nitrogen and oxygen atoms in total. The molecule has 2 atom stereocenters. The molecular formula is C18H24N6O. The Kier molecular flexibility index (Phi) is 4.85. The smallest absolute Gasteiger partial charge is 0.225 e. The highest BCUT2D eigenvalue weighted by atomic mass is 16.5. The van der Waals surface area contributed by atoms with E-state index in [0.29, 0.717) is 5.92 Å². The van der Waals surface area contributed by atoms with Crippen molar-refractivity contribution in [1.82, 2.24) is 19.9 Å². The molecule has 2 aromatic rings. The molecule has 0 saturated carbocycles. The molecule has 2 saturated heterocycles. The topological polar surface area (TPSA) is 90.1 Å². The summed E-state index contributed by atoms with van der Waals surface area (Å²) in [7, 11) is 0. The summed E-state index contributed by atoms with van der Waals surface area (Å²) in [5.41, 5.74) is 7.83. The first kappa shape index (κ1) is 16.4. The lowest BCUT2D eigenvalue weighted by Gasteiger charge is -2.40. The van der Waals surface area contributed by atoms with Crippen LogP contribution < -0.4 is 10.6 Å². The van der Waals surface area contributed by atoms with Crippen LogP contribution in [0.3, 0.4) is 0 Å². The van der Waals surface area contributed by atoms with Gasteiger partial charge in [0.15, 0.2) is 0 Å². The molecule has 0 bridgehead atoms. The highest BCUT2D eigenvalue weighted by molar-refractivity contribution is 5.54. The quantitative estimate of drug-likeness (QED) is 0.908. The van der Waals surface area contributed by atoms with Crippen molar-refractivity contribution >= 4 is 5.95 Å². The van der Waals surface area contributed by atoms with E-state index in [9.17, 15) is 0 Å². The Hall–Kier alpha value is -2.12. The van der Waals surface area contributed by atoms with Crippen LogP contribution in [0.4, 0.5) is 5.95 Å². The maximum atomic E-state index is 6.26. The van der Waals surface area contributed by atoms with Crippen LogP contribution in [0.1, 0.15) is 25.7 Å². The maximum Gasteiger partial charge on any atom is 0.225 e. The fraction of sp³-hybridized carbons (Fsp3) is 0.556. The number of nitrogens with zero attached hydrogens (tertiary/aromatic N) is 5. The Bertz CT molecular complexity index is 689. The molecule has 132 valence electrons.